The molecule has 8 nitrogen and oxygen atoms in total. The zero-order valence-corrected chi connectivity index (χ0v) is 20.4. The number of likely N-dealkylation sites (N-methyl/N-ethyl adjacent to an activating group) is 1. The van der Waals surface area contributed by atoms with Gasteiger partial charge >= 0.3 is 6.03 Å². The number of hydrogen-bond donors (Lipinski definition) is 1. The van der Waals surface area contributed by atoms with Crippen LogP contribution in [0.3, 0.4) is 0 Å². The summed E-state index contributed by atoms with van der Waals surface area (Å²) in [5.41, 5.74) is 2.01. The molecule has 9 heteroatoms. The van der Waals surface area contributed by atoms with Crippen LogP contribution in [0.1, 0.15) is 17.5 Å². The number of hydrogen-bond acceptors (Lipinski definition) is 5. The number of carbonyl (C=O) groups excluding carboxylic acids is 3. The van der Waals surface area contributed by atoms with E-state index in [0.29, 0.717) is 19.5 Å². The smallest absolute Gasteiger partial charge is 0.333 e. The van der Waals surface area contributed by atoms with Gasteiger partial charge in [0.25, 0.3) is 0 Å². The largest absolute Gasteiger partial charge is 0.334 e. The van der Waals surface area contributed by atoms with Gasteiger partial charge in [0.15, 0.2) is 0 Å². The molecule has 2 aromatic rings. The molecule has 4 amide bonds. The van der Waals surface area contributed by atoms with Crippen molar-refractivity contribution < 1.29 is 14.4 Å². The van der Waals surface area contributed by atoms with Crippen molar-refractivity contribution in [1.29, 1.82) is 0 Å². The van der Waals surface area contributed by atoms with E-state index in [-0.39, 0.29) is 30.9 Å². The summed E-state index contributed by atoms with van der Waals surface area (Å²) in [6.07, 6.45) is 1.98. The summed E-state index contributed by atoms with van der Waals surface area (Å²) in [5, 5.41) is 6.24. The summed E-state index contributed by atoms with van der Waals surface area (Å²) in [6, 6.07) is 18.6. The van der Waals surface area contributed by atoms with Gasteiger partial charge in [-0.15, -0.1) is 0 Å². The van der Waals surface area contributed by atoms with E-state index in [1.165, 1.54) is 0 Å². The normalized spacial score (nSPS) is 20.9. The van der Waals surface area contributed by atoms with Crippen molar-refractivity contribution in [3.8, 4) is 0 Å². The van der Waals surface area contributed by atoms with Crippen LogP contribution in [0.25, 0.3) is 0 Å². The van der Waals surface area contributed by atoms with Gasteiger partial charge in [-0.05, 0) is 29.6 Å². The Morgan fingerprint density at radius 1 is 1.03 bits per heavy atom. The molecule has 0 aliphatic carbocycles. The number of amides is 4. The highest BCUT2D eigenvalue weighted by Crippen LogP contribution is 2.28. The van der Waals surface area contributed by atoms with Gasteiger partial charge in [-0.1, -0.05) is 60.7 Å². The van der Waals surface area contributed by atoms with E-state index in [2.05, 4.69) is 5.32 Å². The number of rotatable bonds is 7. The van der Waals surface area contributed by atoms with E-state index in [4.69, 9.17) is 0 Å². The monoisotopic (exact) mass is 481 g/mol. The first-order valence-electron chi connectivity index (χ1n) is 11.4. The first-order chi connectivity index (χ1) is 16.5. The van der Waals surface area contributed by atoms with Crippen LogP contribution in [0.2, 0.25) is 0 Å². The fourth-order valence-corrected chi connectivity index (χ4v) is 5.07. The fourth-order valence-electron chi connectivity index (χ4n) is 4.61. The van der Waals surface area contributed by atoms with Crippen molar-refractivity contribution in [3.63, 3.8) is 0 Å². The second-order valence-electron chi connectivity index (χ2n) is 8.59. The van der Waals surface area contributed by atoms with E-state index in [1.807, 2.05) is 66.9 Å². The molecule has 1 N–H and O–H groups in total. The topological polar surface area (TPSA) is 76.2 Å². The van der Waals surface area contributed by atoms with E-state index in [1.54, 1.807) is 38.6 Å². The molecule has 0 radical (unpaired) electrons. The zero-order valence-electron chi connectivity index (χ0n) is 19.6. The average Bonchev–Trinajstić information content (AvgIpc) is 2.84. The van der Waals surface area contributed by atoms with Crippen molar-refractivity contribution in [2.45, 2.75) is 31.7 Å². The van der Waals surface area contributed by atoms with E-state index >= 15 is 0 Å². The van der Waals surface area contributed by atoms with Gasteiger partial charge in [-0.3, -0.25) is 9.59 Å². The summed E-state index contributed by atoms with van der Waals surface area (Å²) < 4.78 is 0. The van der Waals surface area contributed by atoms with Crippen molar-refractivity contribution in [2.24, 2.45) is 0 Å². The van der Waals surface area contributed by atoms with E-state index < -0.39 is 12.2 Å². The molecule has 2 aromatic carbocycles. The molecule has 2 atom stereocenters. The third kappa shape index (κ3) is 5.20. The molecule has 0 aromatic heterocycles. The molecule has 0 bridgehead atoms. The zero-order chi connectivity index (χ0) is 24.1. The molecular weight excluding hydrogens is 450 g/mol. The summed E-state index contributed by atoms with van der Waals surface area (Å²) in [4.78, 5) is 43.4. The second-order valence-corrected chi connectivity index (χ2v) is 9.57. The molecule has 0 unspecified atom stereocenters. The molecule has 0 spiro atoms. The molecule has 4 rings (SSSR count). The number of carbonyl (C=O) groups is 3. The number of nitrogens with zero attached hydrogens (tertiary/aromatic N) is 4. The predicted molar refractivity (Wildman–Crippen MR) is 132 cm³/mol. The van der Waals surface area contributed by atoms with Crippen LogP contribution < -0.4 is 5.32 Å². The fraction of sp³-hybridized carbons (Fsp3) is 0.400. The highest BCUT2D eigenvalue weighted by molar-refractivity contribution is 7.98. The maximum absolute atomic E-state index is 13.5. The molecule has 2 heterocycles. The molecule has 2 fully saturated rings. The van der Waals surface area contributed by atoms with Gasteiger partial charge in [0.05, 0.1) is 13.1 Å². The third-order valence-corrected chi connectivity index (χ3v) is 6.89. The predicted octanol–water partition coefficient (Wildman–Crippen LogP) is 2.38. The Labute approximate surface area is 204 Å². The van der Waals surface area contributed by atoms with Crippen LogP contribution in [0.5, 0.6) is 0 Å². The molecule has 34 heavy (non-hydrogen) atoms. The van der Waals surface area contributed by atoms with Gasteiger partial charge in [0, 0.05) is 20.1 Å². The molecule has 0 saturated carbocycles. The molecule has 2 saturated heterocycles. The number of fused-ring (bicyclic) bond motifs is 1. The minimum atomic E-state index is -0.583. The Hall–Kier alpha value is -3.04. The van der Waals surface area contributed by atoms with Gasteiger partial charge in [-0.25, -0.2) is 14.8 Å². The lowest BCUT2D eigenvalue weighted by atomic mass is 10.0. The van der Waals surface area contributed by atoms with Crippen LogP contribution in [-0.2, 0) is 22.7 Å². The van der Waals surface area contributed by atoms with E-state index in [9.17, 15) is 14.4 Å². The van der Waals surface area contributed by atoms with Crippen molar-refractivity contribution in [2.75, 3.05) is 32.1 Å². The summed E-state index contributed by atoms with van der Waals surface area (Å²) in [6.45, 7) is 1.14. The quantitative estimate of drug-likeness (QED) is 0.657. The molecule has 2 aliphatic heterocycles. The Bertz CT molecular complexity index is 1010. The van der Waals surface area contributed by atoms with Gasteiger partial charge < -0.3 is 15.1 Å². The lowest BCUT2D eigenvalue weighted by Gasteiger charge is -2.54. The van der Waals surface area contributed by atoms with Gasteiger partial charge in [-0.2, -0.15) is 11.8 Å². The summed E-state index contributed by atoms with van der Waals surface area (Å²) in [7, 11) is 1.74. The number of thioether (sulfide) groups is 1. The third-order valence-electron chi connectivity index (χ3n) is 6.25. The SMILES string of the molecule is CSCC[C@H]1C(=O)N(Cc2ccccc2)C[C@H]2N1C(=O)CN(C)N2C(=O)NCc1ccccc1. The summed E-state index contributed by atoms with van der Waals surface area (Å²) in [5.74, 6) is 0.567. The summed E-state index contributed by atoms with van der Waals surface area (Å²) >= 11 is 1.64. The molecule has 180 valence electrons. The first-order valence-corrected chi connectivity index (χ1v) is 12.8. The minimum absolute atomic E-state index is 0.0526. The van der Waals surface area contributed by atoms with Crippen LogP contribution in [0.15, 0.2) is 60.7 Å². The second kappa shape index (κ2) is 10.9. The maximum atomic E-state index is 13.5. The Morgan fingerprint density at radius 3 is 2.32 bits per heavy atom. The highest BCUT2D eigenvalue weighted by Gasteiger charge is 2.50. The van der Waals surface area contributed by atoms with Crippen molar-refractivity contribution >= 4 is 29.6 Å². The van der Waals surface area contributed by atoms with E-state index in [0.717, 1.165) is 16.9 Å². The highest BCUT2D eigenvalue weighted by atomic mass is 32.2. The average molecular weight is 482 g/mol. The number of nitrogens with one attached hydrogen (secondary N) is 1. The number of hydrazine groups is 1. The van der Waals surface area contributed by atoms with Crippen LogP contribution in [-0.4, -0.2) is 82.0 Å². The van der Waals surface area contributed by atoms with Gasteiger partial charge in [0.2, 0.25) is 11.8 Å². The number of urea groups is 1. The molecular formula is C25H31N5O3S. The minimum Gasteiger partial charge on any atom is -0.333 e. The van der Waals surface area contributed by atoms with Crippen LogP contribution >= 0.6 is 11.8 Å². The lowest BCUT2D eigenvalue weighted by molar-refractivity contribution is -0.187. The van der Waals surface area contributed by atoms with Crippen LogP contribution in [0, 0.1) is 0 Å². The Kier molecular flexibility index (Phi) is 7.74. The molecule has 2 aliphatic rings. The van der Waals surface area contributed by atoms with Crippen molar-refractivity contribution in [3.05, 3.63) is 71.8 Å². The standard InChI is InChI=1S/C25H31N5O3S/c1-27-18-23(31)29-21(13-14-34-2)24(32)28(16-20-11-7-4-8-12-20)17-22(29)30(27)25(33)26-15-19-9-5-3-6-10-19/h3-12,21-22H,13-18H2,1-2H3,(H,26,33)/t21-,22-/m0/s1. The maximum Gasteiger partial charge on any atom is 0.334 e. The van der Waals surface area contributed by atoms with Gasteiger partial charge in [0.1, 0.15) is 12.2 Å². The Balaban J connectivity index is 1.59. The van der Waals surface area contributed by atoms with Crippen LogP contribution in [0.4, 0.5) is 4.79 Å². The Morgan fingerprint density at radius 2 is 1.68 bits per heavy atom. The number of benzene rings is 2. The number of piperazine rings is 1. The first kappa shape index (κ1) is 24.1. The van der Waals surface area contributed by atoms with Crippen molar-refractivity contribution in [1.82, 2.24) is 25.1 Å². The lowest BCUT2D eigenvalue weighted by Crippen LogP contribution is -2.75.